The molecule has 0 unspecified atom stereocenters. The number of aromatic nitrogens is 4. The van der Waals surface area contributed by atoms with Gasteiger partial charge in [-0.25, -0.2) is 4.98 Å². The van der Waals surface area contributed by atoms with Gasteiger partial charge in [0.25, 0.3) is 5.89 Å². The largest absolute Gasteiger partial charge is 0.415 e. The highest BCUT2D eigenvalue weighted by molar-refractivity contribution is 5.70. The average molecular weight is 395 g/mol. The summed E-state index contributed by atoms with van der Waals surface area (Å²) in [7, 11) is 3.94. The summed E-state index contributed by atoms with van der Waals surface area (Å²) in [5.41, 5.74) is 5.93. The minimum absolute atomic E-state index is 0.316. The maximum atomic E-state index is 5.88. The van der Waals surface area contributed by atoms with Crippen LogP contribution in [0.2, 0.25) is 0 Å². The van der Waals surface area contributed by atoms with Crippen molar-refractivity contribution in [3.8, 4) is 34.3 Å². The molecule has 6 nitrogen and oxygen atoms in total. The zero-order valence-corrected chi connectivity index (χ0v) is 16.9. The molecule has 0 saturated heterocycles. The lowest BCUT2D eigenvalue weighted by molar-refractivity contribution is 0.581. The van der Waals surface area contributed by atoms with E-state index in [1.54, 1.807) is 18.5 Å². The second-order valence-electron chi connectivity index (χ2n) is 6.91. The molecule has 0 aliphatic rings. The first-order valence-corrected chi connectivity index (χ1v) is 9.41. The van der Waals surface area contributed by atoms with Crippen molar-refractivity contribution >= 4 is 11.8 Å². The summed E-state index contributed by atoms with van der Waals surface area (Å²) in [6, 6.07) is 15.7. The molecule has 0 atom stereocenters. The van der Waals surface area contributed by atoms with E-state index in [0.717, 1.165) is 33.6 Å². The molecule has 0 N–H and O–H groups in total. The van der Waals surface area contributed by atoms with E-state index in [4.69, 9.17) is 4.42 Å². The highest BCUT2D eigenvalue weighted by atomic mass is 16.4. The van der Waals surface area contributed by atoms with Gasteiger partial charge in [-0.1, -0.05) is 61.7 Å². The summed E-state index contributed by atoms with van der Waals surface area (Å²) in [5.74, 6) is 0.732. The van der Waals surface area contributed by atoms with Gasteiger partial charge in [-0.2, -0.15) is 0 Å². The fraction of sp³-hybridized carbons (Fsp3) is 0.0833. The zero-order chi connectivity index (χ0) is 21.1. The van der Waals surface area contributed by atoms with E-state index in [2.05, 4.69) is 33.3 Å². The van der Waals surface area contributed by atoms with Crippen molar-refractivity contribution in [2.75, 3.05) is 14.1 Å². The van der Waals surface area contributed by atoms with Gasteiger partial charge in [-0.15, -0.1) is 10.2 Å². The molecule has 0 aliphatic carbocycles. The third-order valence-corrected chi connectivity index (χ3v) is 4.74. The molecule has 0 radical (unpaired) electrons. The summed E-state index contributed by atoms with van der Waals surface area (Å²) in [6.45, 7) is 7.92. The van der Waals surface area contributed by atoms with Gasteiger partial charge >= 0.3 is 0 Å². The Hall–Kier alpha value is -4.06. The predicted molar refractivity (Wildman–Crippen MR) is 119 cm³/mol. The Morgan fingerprint density at radius 3 is 2.37 bits per heavy atom. The van der Waals surface area contributed by atoms with Crippen LogP contribution in [0.15, 0.2) is 78.5 Å². The second-order valence-corrected chi connectivity index (χ2v) is 6.91. The van der Waals surface area contributed by atoms with Gasteiger partial charge in [0.1, 0.15) is 5.69 Å². The lowest BCUT2D eigenvalue weighted by Crippen LogP contribution is -2.08. The molecule has 6 heteroatoms. The van der Waals surface area contributed by atoms with Crippen molar-refractivity contribution < 1.29 is 4.42 Å². The van der Waals surface area contributed by atoms with Gasteiger partial charge in [-0.05, 0) is 17.2 Å². The molecule has 0 saturated carbocycles. The van der Waals surface area contributed by atoms with Gasteiger partial charge in [0, 0.05) is 30.9 Å². The molecule has 2 aromatic heterocycles. The Balaban J connectivity index is 1.64. The van der Waals surface area contributed by atoms with E-state index in [0.29, 0.717) is 17.5 Å². The second kappa shape index (κ2) is 8.13. The van der Waals surface area contributed by atoms with Gasteiger partial charge in [0.2, 0.25) is 5.89 Å². The highest BCUT2D eigenvalue weighted by Gasteiger charge is 2.15. The van der Waals surface area contributed by atoms with Gasteiger partial charge in [-0.3, -0.25) is 4.98 Å². The van der Waals surface area contributed by atoms with Gasteiger partial charge < -0.3 is 9.32 Å². The molecule has 2 aromatic carbocycles. The molecular weight excluding hydrogens is 374 g/mol. The topological polar surface area (TPSA) is 67.9 Å². The monoisotopic (exact) mass is 395 g/mol. The Morgan fingerprint density at radius 1 is 0.933 bits per heavy atom. The SMILES string of the molecule is C=Cc1ccccc1-c1nnc(-c2cncc(-c3ccc(C(=C)N(C)C)cc3)n2)o1. The summed E-state index contributed by atoms with van der Waals surface area (Å²) in [4.78, 5) is 10.9. The summed E-state index contributed by atoms with van der Waals surface area (Å²) in [5, 5.41) is 8.33. The number of rotatable bonds is 6. The molecule has 148 valence electrons. The van der Waals surface area contributed by atoms with E-state index >= 15 is 0 Å². The zero-order valence-electron chi connectivity index (χ0n) is 16.9. The standard InChI is InChI=1S/C24H21N5O/c1-5-17-8-6-7-9-20(17)23-27-28-24(30-23)22-15-25-14-21(26-22)19-12-10-18(11-13-19)16(2)29(3)4/h5-15H,1-2H2,3-4H3. The summed E-state index contributed by atoms with van der Waals surface area (Å²) < 4.78 is 5.88. The molecule has 0 amide bonds. The van der Waals surface area contributed by atoms with Gasteiger partial charge in [0.05, 0.1) is 18.1 Å². The normalized spacial score (nSPS) is 10.6. The molecule has 30 heavy (non-hydrogen) atoms. The van der Waals surface area contributed by atoms with Crippen LogP contribution in [0.4, 0.5) is 0 Å². The van der Waals surface area contributed by atoms with Gasteiger partial charge in [0.15, 0.2) is 0 Å². The van der Waals surface area contributed by atoms with Crippen LogP contribution in [0, 0.1) is 0 Å². The fourth-order valence-electron chi connectivity index (χ4n) is 3.01. The van der Waals surface area contributed by atoms with Crippen molar-refractivity contribution in [2.45, 2.75) is 0 Å². The maximum Gasteiger partial charge on any atom is 0.268 e. The lowest BCUT2D eigenvalue weighted by Gasteiger charge is -2.15. The number of hydrogen-bond acceptors (Lipinski definition) is 6. The highest BCUT2D eigenvalue weighted by Crippen LogP contribution is 2.27. The Bertz CT molecular complexity index is 1210. The first kappa shape index (κ1) is 19.3. The van der Waals surface area contributed by atoms with Crippen LogP contribution in [0.1, 0.15) is 11.1 Å². The van der Waals surface area contributed by atoms with Crippen molar-refractivity contribution in [3.05, 3.63) is 85.2 Å². The Labute approximate surface area is 175 Å². The van der Waals surface area contributed by atoms with E-state index in [-0.39, 0.29) is 0 Å². The number of hydrogen-bond donors (Lipinski definition) is 0. The summed E-state index contributed by atoms with van der Waals surface area (Å²) in [6.07, 6.45) is 5.08. The Kier molecular flexibility index (Phi) is 5.22. The van der Waals surface area contributed by atoms with Crippen LogP contribution >= 0.6 is 0 Å². The minimum atomic E-state index is 0.316. The maximum absolute atomic E-state index is 5.88. The summed E-state index contributed by atoms with van der Waals surface area (Å²) >= 11 is 0. The third kappa shape index (κ3) is 3.75. The Morgan fingerprint density at radius 2 is 1.63 bits per heavy atom. The van der Waals surface area contributed by atoms with Crippen molar-refractivity contribution in [1.82, 2.24) is 25.1 Å². The first-order valence-electron chi connectivity index (χ1n) is 9.41. The smallest absolute Gasteiger partial charge is 0.268 e. The number of nitrogens with zero attached hydrogens (tertiary/aromatic N) is 5. The molecule has 0 bridgehead atoms. The minimum Gasteiger partial charge on any atom is -0.415 e. The van der Waals surface area contributed by atoms with Crippen LogP contribution in [-0.2, 0) is 0 Å². The van der Waals surface area contributed by atoms with Crippen molar-refractivity contribution in [3.63, 3.8) is 0 Å². The van der Waals surface area contributed by atoms with Crippen molar-refractivity contribution in [2.24, 2.45) is 0 Å². The number of benzene rings is 2. The van der Waals surface area contributed by atoms with Crippen LogP contribution in [-0.4, -0.2) is 39.2 Å². The predicted octanol–water partition coefficient (Wildman–Crippen LogP) is 5.04. The average Bonchev–Trinajstić information content (AvgIpc) is 3.29. The molecule has 0 spiro atoms. The molecule has 0 aliphatic heterocycles. The molecule has 0 fully saturated rings. The van der Waals surface area contributed by atoms with E-state index in [1.807, 2.05) is 67.5 Å². The van der Waals surface area contributed by atoms with E-state index < -0.39 is 0 Å². The van der Waals surface area contributed by atoms with Crippen molar-refractivity contribution in [1.29, 1.82) is 0 Å². The van der Waals surface area contributed by atoms with Crippen LogP contribution in [0.5, 0.6) is 0 Å². The van der Waals surface area contributed by atoms with E-state index in [1.165, 1.54) is 0 Å². The van der Waals surface area contributed by atoms with E-state index in [9.17, 15) is 0 Å². The fourth-order valence-corrected chi connectivity index (χ4v) is 3.01. The van der Waals surface area contributed by atoms with Crippen LogP contribution in [0.3, 0.4) is 0 Å². The first-order chi connectivity index (χ1) is 14.6. The van der Waals surface area contributed by atoms with Crippen LogP contribution in [0.25, 0.3) is 46.1 Å². The molecular formula is C24H21N5O. The molecule has 4 rings (SSSR count). The molecule has 4 aromatic rings. The molecule has 2 heterocycles. The third-order valence-electron chi connectivity index (χ3n) is 4.74. The quantitative estimate of drug-likeness (QED) is 0.456. The van der Waals surface area contributed by atoms with Crippen LogP contribution < -0.4 is 0 Å². The lowest BCUT2D eigenvalue weighted by atomic mass is 10.1.